The van der Waals surface area contributed by atoms with Crippen molar-refractivity contribution in [3.8, 4) is 0 Å². The van der Waals surface area contributed by atoms with Crippen molar-refractivity contribution in [2.24, 2.45) is 5.16 Å². The first-order valence-electron chi connectivity index (χ1n) is 13.9. The molecule has 3 atom stereocenters. The highest BCUT2D eigenvalue weighted by molar-refractivity contribution is 8.00. The highest BCUT2D eigenvalue weighted by Crippen LogP contribution is 2.44. The number of anilines is 1. The number of ether oxygens (including phenoxy) is 2. The van der Waals surface area contributed by atoms with Gasteiger partial charge in [0.25, 0.3) is 11.8 Å². The molecule has 0 unspecified atom stereocenters. The lowest BCUT2D eigenvalue weighted by Gasteiger charge is -2.51. The summed E-state index contributed by atoms with van der Waals surface area (Å²) in [5, 5.41) is 9.58. The molecule has 3 amide bonds. The molecule has 0 bridgehead atoms. The molecular weight excluding hydrogens is 649 g/mol. The summed E-state index contributed by atoms with van der Waals surface area (Å²) in [5.41, 5.74) is -2.38. The second-order valence-corrected chi connectivity index (χ2v) is 14.0. The van der Waals surface area contributed by atoms with Gasteiger partial charge in [-0.1, -0.05) is 18.5 Å². The minimum atomic E-state index is -1.59. The van der Waals surface area contributed by atoms with Gasteiger partial charge in [0, 0.05) is 16.5 Å². The van der Waals surface area contributed by atoms with Gasteiger partial charge >= 0.3 is 26.1 Å². The lowest BCUT2D eigenvalue weighted by atomic mass is 10.0. The second kappa shape index (κ2) is 14.9. The Hall–Kier alpha value is -3.31. The Balaban J connectivity index is 1.88. The van der Waals surface area contributed by atoms with Crippen LogP contribution in [-0.4, -0.2) is 93.8 Å². The lowest BCUT2D eigenvalue weighted by molar-refractivity contribution is -0.168. The van der Waals surface area contributed by atoms with Crippen LogP contribution in [-0.2, 0) is 38.1 Å². The number of oxime groups is 1. The third-order valence-corrected chi connectivity index (χ3v) is 8.81. The van der Waals surface area contributed by atoms with Gasteiger partial charge in [-0.25, -0.2) is 19.4 Å². The number of β-lactam (4-membered cyclic amide) rings is 1. The summed E-state index contributed by atoms with van der Waals surface area (Å²) < 4.78 is 14.9. The molecular formula is C27H35BClN5O9S2. The minimum Gasteiger partial charge on any atom is -0.539 e. The van der Waals surface area contributed by atoms with Gasteiger partial charge in [-0.2, -0.15) is 0 Å². The van der Waals surface area contributed by atoms with Crippen molar-refractivity contribution in [1.29, 1.82) is 0 Å². The van der Waals surface area contributed by atoms with Gasteiger partial charge in [0.15, 0.2) is 10.8 Å². The molecule has 0 aliphatic carbocycles. The number of thiazole rings is 1. The van der Waals surface area contributed by atoms with E-state index in [9.17, 15) is 24.0 Å². The molecule has 3 rings (SSSR count). The number of nitrogens with zero attached hydrogens (tertiary/aromatic N) is 3. The van der Waals surface area contributed by atoms with E-state index in [0.717, 1.165) is 17.8 Å². The summed E-state index contributed by atoms with van der Waals surface area (Å²) in [6.45, 7) is 11.9. The molecule has 2 N–H and O–H groups in total. The molecule has 1 fully saturated rings. The van der Waals surface area contributed by atoms with Crippen LogP contribution in [0.3, 0.4) is 0 Å². The van der Waals surface area contributed by atoms with Gasteiger partial charge in [-0.3, -0.25) is 19.8 Å². The fourth-order valence-corrected chi connectivity index (χ4v) is 6.58. The van der Waals surface area contributed by atoms with E-state index in [1.807, 2.05) is 6.92 Å². The molecule has 0 aromatic carbocycles. The number of alkyl halides is 1. The van der Waals surface area contributed by atoms with Crippen LogP contribution < -0.4 is 10.6 Å². The Bertz CT molecular complexity index is 1390. The highest BCUT2D eigenvalue weighted by Gasteiger charge is 2.56. The van der Waals surface area contributed by atoms with E-state index >= 15 is 0 Å². The Morgan fingerprint density at radius 1 is 1.20 bits per heavy atom. The zero-order chi connectivity index (χ0) is 33.7. The summed E-state index contributed by atoms with van der Waals surface area (Å²) in [6.07, 6.45) is 0.702. The van der Waals surface area contributed by atoms with E-state index in [-0.39, 0.29) is 34.3 Å². The SMILES string of the molecule is [B]OC(=O)C1=C(CCl)[C@@H](C)S[C@@H]2[C@H](NC(=O)/C(=N\OC(C)(C)C(=O)OCCCC)c3csc(NC(=O)OC(C)(C)C)n3)C(=O)N12. The number of thioether (sulfide) groups is 1. The maximum Gasteiger partial charge on any atom is 0.413 e. The third kappa shape index (κ3) is 8.70. The van der Waals surface area contributed by atoms with Crippen LogP contribution in [0.2, 0.25) is 0 Å². The monoisotopic (exact) mass is 683 g/mol. The van der Waals surface area contributed by atoms with Crippen LogP contribution >= 0.6 is 34.7 Å². The number of esters is 1. The predicted molar refractivity (Wildman–Crippen MR) is 169 cm³/mol. The van der Waals surface area contributed by atoms with Gasteiger partial charge < -0.3 is 24.3 Å². The fraction of sp³-hybridized carbons (Fsp3) is 0.593. The van der Waals surface area contributed by atoms with Crippen LogP contribution in [0.4, 0.5) is 9.93 Å². The van der Waals surface area contributed by atoms with Crippen molar-refractivity contribution < 1.29 is 42.9 Å². The van der Waals surface area contributed by atoms with Gasteiger partial charge in [0.1, 0.15) is 28.4 Å². The van der Waals surface area contributed by atoms with E-state index in [4.69, 9.17) is 34.0 Å². The molecule has 1 aromatic rings. The standard InChI is InChI=1S/C27H35BClN5O9S2/c1-8-9-10-40-23(38)27(6,7)43-33-16(15-12-44-24(30-15)32-25(39)41-26(3,4)5)19(35)31-17-20(36)34-18(22(37)42-28)14(11-29)13(2)45-21(17)34/h12-13,17,21H,8-11H2,1-7H3,(H,31,35)(H,30,32,39)/b33-16-/t13-,17-,21-/m1/s1. The Morgan fingerprint density at radius 2 is 1.89 bits per heavy atom. The quantitative estimate of drug-likeness (QED) is 0.0629. The number of fused-ring (bicyclic) bond motifs is 1. The number of unbranched alkanes of at least 4 members (excludes halogenated alkanes) is 1. The molecule has 0 saturated carbocycles. The first-order valence-corrected chi connectivity index (χ1v) is 16.3. The maximum atomic E-state index is 13.6. The average Bonchev–Trinajstić information content (AvgIpc) is 3.41. The van der Waals surface area contributed by atoms with Crippen LogP contribution in [0.15, 0.2) is 21.8 Å². The fourth-order valence-electron chi connectivity index (χ4n) is 3.99. The molecule has 0 spiro atoms. The number of carbonyl (C=O) groups is 5. The summed E-state index contributed by atoms with van der Waals surface area (Å²) in [4.78, 5) is 75.1. The number of nitrogens with one attached hydrogen (secondary N) is 2. The average molecular weight is 684 g/mol. The third-order valence-electron chi connectivity index (χ3n) is 6.31. The molecule has 14 nitrogen and oxygen atoms in total. The van der Waals surface area contributed by atoms with Crippen LogP contribution in [0.25, 0.3) is 0 Å². The largest absolute Gasteiger partial charge is 0.539 e. The van der Waals surface area contributed by atoms with Crippen molar-refractivity contribution in [2.45, 2.75) is 89.2 Å². The van der Waals surface area contributed by atoms with E-state index < -0.39 is 58.2 Å². The number of amides is 3. The number of hydrogen-bond acceptors (Lipinski definition) is 13. The molecule has 2 aliphatic heterocycles. The van der Waals surface area contributed by atoms with Gasteiger partial charge in [0.05, 0.1) is 6.61 Å². The zero-order valence-corrected chi connectivity index (χ0v) is 28.3. The Kier molecular flexibility index (Phi) is 11.9. The van der Waals surface area contributed by atoms with Crippen molar-refractivity contribution in [2.75, 3.05) is 17.8 Å². The van der Waals surface area contributed by atoms with Crippen LogP contribution in [0.5, 0.6) is 0 Å². The second-order valence-electron chi connectivity index (χ2n) is 11.4. The number of halogens is 1. The molecule has 3 heterocycles. The van der Waals surface area contributed by atoms with Gasteiger partial charge in [-0.05, 0) is 53.5 Å². The van der Waals surface area contributed by atoms with Gasteiger partial charge in [0.2, 0.25) is 5.60 Å². The van der Waals surface area contributed by atoms with Crippen LogP contribution in [0.1, 0.15) is 67.0 Å². The minimum absolute atomic E-state index is 0.0243. The van der Waals surface area contributed by atoms with E-state index in [1.54, 1.807) is 27.7 Å². The van der Waals surface area contributed by atoms with Crippen molar-refractivity contribution in [1.82, 2.24) is 15.2 Å². The first kappa shape index (κ1) is 36.2. The normalized spacial score (nSPS) is 20.1. The maximum absolute atomic E-state index is 13.6. The van der Waals surface area contributed by atoms with E-state index in [2.05, 4.69) is 25.4 Å². The number of rotatable bonds is 12. The summed E-state index contributed by atoms with van der Waals surface area (Å²) >= 11 is 8.33. The van der Waals surface area contributed by atoms with Crippen molar-refractivity contribution in [3.63, 3.8) is 0 Å². The lowest BCUT2D eigenvalue weighted by Crippen LogP contribution is -2.71. The Morgan fingerprint density at radius 3 is 2.49 bits per heavy atom. The molecule has 1 saturated heterocycles. The van der Waals surface area contributed by atoms with Crippen molar-refractivity contribution in [3.05, 3.63) is 22.3 Å². The topological polar surface area (TPSA) is 175 Å². The number of aromatic nitrogens is 1. The smallest absolute Gasteiger partial charge is 0.413 e. The summed E-state index contributed by atoms with van der Waals surface area (Å²) in [7, 11) is 5.10. The zero-order valence-electron chi connectivity index (χ0n) is 25.9. The molecule has 2 aliphatic rings. The predicted octanol–water partition coefficient (Wildman–Crippen LogP) is 3.24. The van der Waals surface area contributed by atoms with Crippen molar-refractivity contribution >= 4 is 83.4 Å². The molecule has 2 radical (unpaired) electrons. The van der Waals surface area contributed by atoms with E-state index in [0.29, 0.717) is 12.0 Å². The molecule has 18 heteroatoms. The van der Waals surface area contributed by atoms with Crippen LogP contribution in [0, 0.1) is 0 Å². The van der Waals surface area contributed by atoms with Gasteiger partial charge in [-0.15, -0.1) is 34.7 Å². The van der Waals surface area contributed by atoms with E-state index in [1.165, 1.54) is 35.9 Å². The molecule has 45 heavy (non-hydrogen) atoms. The first-order chi connectivity index (χ1) is 21.0. The number of hydrogen-bond donors (Lipinski definition) is 2. The number of carbonyl (C=O) groups excluding carboxylic acids is 5. The molecule has 244 valence electrons. The summed E-state index contributed by atoms with van der Waals surface area (Å²) in [6, 6.07) is -1.09. The Labute approximate surface area is 275 Å². The summed E-state index contributed by atoms with van der Waals surface area (Å²) in [5.74, 6) is -3.16. The molecule has 1 aromatic heterocycles. The highest BCUT2D eigenvalue weighted by atomic mass is 35.5.